The number of carbonyl (C=O) groups excluding carboxylic acids is 1. The van der Waals surface area contributed by atoms with E-state index in [1.165, 1.54) is 0 Å². The number of ether oxygens (including phenoxy) is 1. The van der Waals surface area contributed by atoms with Crippen molar-refractivity contribution < 1.29 is 9.53 Å². The highest BCUT2D eigenvalue weighted by Crippen LogP contribution is 2.41. The number of carbonyl (C=O) groups is 1. The minimum Gasteiger partial charge on any atom is -0.358 e. The molecule has 10 heavy (non-hydrogen) atoms. The Morgan fingerprint density at radius 2 is 2.60 bits per heavy atom. The molecule has 0 bridgehead atoms. The molecule has 0 amide bonds. The average molecular weight is 141 g/mol. The van der Waals surface area contributed by atoms with Gasteiger partial charge in [-0.1, -0.05) is 0 Å². The second-order valence-corrected chi connectivity index (χ2v) is 2.92. The van der Waals surface area contributed by atoms with Crippen LogP contribution in [-0.4, -0.2) is 36.6 Å². The Labute approximate surface area is 60.0 Å². The smallest absolute Gasteiger partial charge is 0.135 e. The lowest BCUT2D eigenvalue weighted by Crippen LogP contribution is -2.14. The van der Waals surface area contributed by atoms with E-state index in [2.05, 4.69) is 4.90 Å². The fourth-order valence-electron chi connectivity index (χ4n) is 1.62. The van der Waals surface area contributed by atoms with E-state index in [0.717, 1.165) is 32.4 Å². The highest BCUT2D eigenvalue weighted by molar-refractivity contribution is 5.49. The van der Waals surface area contributed by atoms with Gasteiger partial charge in [-0.3, -0.25) is 4.90 Å². The molecule has 56 valence electrons. The van der Waals surface area contributed by atoms with Gasteiger partial charge < -0.3 is 9.53 Å². The van der Waals surface area contributed by atoms with Gasteiger partial charge in [0.2, 0.25) is 0 Å². The third-order valence-electron chi connectivity index (χ3n) is 2.30. The molecule has 0 aliphatic carbocycles. The van der Waals surface area contributed by atoms with Crippen molar-refractivity contribution >= 4 is 6.29 Å². The summed E-state index contributed by atoms with van der Waals surface area (Å²) in [5.74, 6) is 0. The molecule has 2 aliphatic rings. The Morgan fingerprint density at radius 3 is 3.10 bits per heavy atom. The van der Waals surface area contributed by atoms with E-state index in [1.807, 2.05) is 0 Å². The van der Waals surface area contributed by atoms with Crippen molar-refractivity contribution in [1.29, 1.82) is 0 Å². The third-order valence-corrected chi connectivity index (χ3v) is 2.30. The van der Waals surface area contributed by atoms with Crippen LogP contribution in [-0.2, 0) is 9.53 Å². The average Bonchev–Trinajstić information content (AvgIpc) is 2.51. The van der Waals surface area contributed by atoms with Crippen molar-refractivity contribution in [3.05, 3.63) is 0 Å². The van der Waals surface area contributed by atoms with Crippen LogP contribution in [0.3, 0.4) is 0 Å². The zero-order valence-electron chi connectivity index (χ0n) is 5.88. The maximum absolute atomic E-state index is 10.0. The van der Waals surface area contributed by atoms with E-state index in [1.54, 1.807) is 0 Å². The number of morpholine rings is 1. The monoisotopic (exact) mass is 141 g/mol. The van der Waals surface area contributed by atoms with Crippen molar-refractivity contribution in [3.63, 3.8) is 0 Å². The van der Waals surface area contributed by atoms with Gasteiger partial charge in [-0.2, -0.15) is 0 Å². The molecule has 2 atom stereocenters. The quantitative estimate of drug-likeness (QED) is 0.409. The van der Waals surface area contributed by atoms with Crippen LogP contribution in [0.25, 0.3) is 0 Å². The molecular weight excluding hydrogens is 130 g/mol. The third kappa shape index (κ3) is 0.777. The largest absolute Gasteiger partial charge is 0.358 e. The first kappa shape index (κ1) is 6.31. The van der Waals surface area contributed by atoms with Crippen LogP contribution in [0.5, 0.6) is 0 Å². The molecule has 2 unspecified atom stereocenters. The SMILES string of the molecule is O=CCCC12CN1CCO2. The molecule has 0 radical (unpaired) electrons. The van der Waals surface area contributed by atoms with Crippen LogP contribution >= 0.6 is 0 Å². The van der Waals surface area contributed by atoms with Gasteiger partial charge in [-0.25, -0.2) is 0 Å². The maximum atomic E-state index is 10.0. The van der Waals surface area contributed by atoms with Crippen molar-refractivity contribution in [1.82, 2.24) is 4.90 Å². The Bertz CT molecular complexity index is 160. The van der Waals surface area contributed by atoms with E-state index in [4.69, 9.17) is 4.74 Å². The lowest BCUT2D eigenvalue weighted by atomic mass is 10.2. The molecule has 2 fully saturated rings. The summed E-state index contributed by atoms with van der Waals surface area (Å²) in [5, 5.41) is 0. The molecule has 0 aromatic rings. The maximum Gasteiger partial charge on any atom is 0.135 e. The zero-order chi connectivity index (χ0) is 7.03. The lowest BCUT2D eigenvalue weighted by molar-refractivity contribution is -0.108. The van der Waals surface area contributed by atoms with Gasteiger partial charge in [0.15, 0.2) is 0 Å². The Morgan fingerprint density at radius 1 is 1.70 bits per heavy atom. The van der Waals surface area contributed by atoms with Crippen LogP contribution in [0.4, 0.5) is 0 Å². The Kier molecular flexibility index (Phi) is 1.28. The molecule has 0 aromatic heterocycles. The van der Waals surface area contributed by atoms with Crippen LogP contribution in [0, 0.1) is 0 Å². The first-order valence-electron chi connectivity index (χ1n) is 3.70. The standard InChI is InChI=1S/C7H11NO2/c9-4-1-2-7-6-8(7)3-5-10-7/h4H,1-3,5-6H2. The molecular formula is C7H11NO2. The second kappa shape index (κ2) is 2.04. The Balaban J connectivity index is 1.86. The minimum absolute atomic E-state index is 0.0148. The van der Waals surface area contributed by atoms with E-state index in [9.17, 15) is 4.79 Å². The van der Waals surface area contributed by atoms with E-state index in [-0.39, 0.29) is 5.72 Å². The topological polar surface area (TPSA) is 29.3 Å². The molecule has 0 saturated carbocycles. The molecule has 3 nitrogen and oxygen atoms in total. The van der Waals surface area contributed by atoms with E-state index in [0.29, 0.717) is 6.42 Å². The fourth-order valence-corrected chi connectivity index (χ4v) is 1.62. The lowest BCUT2D eigenvalue weighted by Gasteiger charge is -2.06. The summed E-state index contributed by atoms with van der Waals surface area (Å²) in [4.78, 5) is 12.3. The highest BCUT2D eigenvalue weighted by atomic mass is 16.5. The number of rotatable bonds is 3. The molecule has 2 aliphatic heterocycles. The summed E-state index contributed by atoms with van der Waals surface area (Å²) >= 11 is 0. The first-order valence-corrected chi connectivity index (χ1v) is 3.70. The van der Waals surface area contributed by atoms with Crippen molar-refractivity contribution in [2.45, 2.75) is 18.6 Å². The van der Waals surface area contributed by atoms with Gasteiger partial charge in [0.05, 0.1) is 6.61 Å². The number of fused-ring (bicyclic) bond motifs is 1. The van der Waals surface area contributed by atoms with Gasteiger partial charge in [0.25, 0.3) is 0 Å². The normalized spacial score (nSPS) is 43.0. The number of hydrogen-bond acceptors (Lipinski definition) is 3. The summed E-state index contributed by atoms with van der Waals surface area (Å²) < 4.78 is 5.48. The molecule has 2 saturated heterocycles. The van der Waals surface area contributed by atoms with Crippen LogP contribution in [0.1, 0.15) is 12.8 Å². The minimum atomic E-state index is 0.0148. The number of aldehydes is 1. The van der Waals surface area contributed by atoms with Gasteiger partial charge in [-0.05, 0) is 6.42 Å². The second-order valence-electron chi connectivity index (χ2n) is 2.92. The summed E-state index contributed by atoms with van der Waals surface area (Å²) in [6, 6.07) is 0. The van der Waals surface area contributed by atoms with Crippen LogP contribution < -0.4 is 0 Å². The molecule has 2 heterocycles. The van der Waals surface area contributed by atoms with Gasteiger partial charge in [-0.15, -0.1) is 0 Å². The number of hydrogen-bond donors (Lipinski definition) is 0. The van der Waals surface area contributed by atoms with E-state index < -0.39 is 0 Å². The molecule has 0 N–H and O–H groups in total. The van der Waals surface area contributed by atoms with Crippen molar-refractivity contribution in [3.8, 4) is 0 Å². The predicted octanol–water partition coefficient (Wildman–Crippen LogP) is 0.00760. The van der Waals surface area contributed by atoms with Crippen molar-refractivity contribution in [2.24, 2.45) is 0 Å². The van der Waals surface area contributed by atoms with Crippen molar-refractivity contribution in [2.75, 3.05) is 19.7 Å². The van der Waals surface area contributed by atoms with E-state index >= 15 is 0 Å². The molecule has 0 aromatic carbocycles. The Hall–Kier alpha value is -0.410. The highest BCUT2D eigenvalue weighted by Gasteiger charge is 2.56. The molecule has 3 heteroatoms. The van der Waals surface area contributed by atoms with Crippen LogP contribution in [0.2, 0.25) is 0 Å². The summed E-state index contributed by atoms with van der Waals surface area (Å²) in [7, 11) is 0. The summed E-state index contributed by atoms with van der Waals surface area (Å²) in [6.45, 7) is 2.94. The predicted molar refractivity (Wildman–Crippen MR) is 35.6 cm³/mol. The summed E-state index contributed by atoms with van der Waals surface area (Å²) in [6.07, 6.45) is 2.49. The fraction of sp³-hybridized carbons (Fsp3) is 0.857. The van der Waals surface area contributed by atoms with Gasteiger partial charge in [0, 0.05) is 19.5 Å². The van der Waals surface area contributed by atoms with Gasteiger partial charge in [0.1, 0.15) is 12.0 Å². The number of nitrogens with zero attached hydrogens (tertiary/aromatic N) is 1. The van der Waals surface area contributed by atoms with Gasteiger partial charge >= 0.3 is 0 Å². The first-order chi connectivity index (χ1) is 4.87. The molecule has 2 rings (SSSR count). The summed E-state index contributed by atoms with van der Waals surface area (Å²) in [5.41, 5.74) is 0.0148. The molecule has 0 spiro atoms. The zero-order valence-corrected chi connectivity index (χ0v) is 5.88. The van der Waals surface area contributed by atoms with Crippen LogP contribution in [0.15, 0.2) is 0 Å².